The van der Waals surface area contributed by atoms with Gasteiger partial charge >= 0.3 is 0 Å². The smallest absolute Gasteiger partial charge is 0.261 e. The molecule has 2 atom stereocenters. The standard InChI is InChI=1S/C17H27NO3/c1-6-17(4,5)18-16(20)13(3)21-15-9-7-14(8-10-15)11-12(2)19/h7-10,12-13,19H,6,11H2,1-5H3,(H,18,20). The highest BCUT2D eigenvalue weighted by Gasteiger charge is 2.22. The Hall–Kier alpha value is -1.55. The first-order valence-electron chi connectivity index (χ1n) is 7.49. The molecule has 0 aliphatic carbocycles. The van der Waals surface area contributed by atoms with Crippen LogP contribution in [-0.2, 0) is 11.2 Å². The van der Waals surface area contributed by atoms with Crippen LogP contribution >= 0.6 is 0 Å². The quantitative estimate of drug-likeness (QED) is 0.812. The third-order valence-corrected chi connectivity index (χ3v) is 3.48. The van der Waals surface area contributed by atoms with Gasteiger partial charge in [-0.3, -0.25) is 4.79 Å². The summed E-state index contributed by atoms with van der Waals surface area (Å²) in [6.07, 6.45) is 0.566. The van der Waals surface area contributed by atoms with E-state index in [1.807, 2.05) is 45.0 Å². The minimum Gasteiger partial charge on any atom is -0.481 e. The zero-order chi connectivity index (χ0) is 16.0. The summed E-state index contributed by atoms with van der Waals surface area (Å²) in [5.74, 6) is 0.538. The average Bonchev–Trinajstić information content (AvgIpc) is 2.40. The zero-order valence-corrected chi connectivity index (χ0v) is 13.6. The molecule has 0 radical (unpaired) electrons. The van der Waals surface area contributed by atoms with Crippen LogP contribution in [0.15, 0.2) is 24.3 Å². The SMILES string of the molecule is CCC(C)(C)NC(=O)C(C)Oc1ccc(CC(C)O)cc1. The van der Waals surface area contributed by atoms with E-state index in [9.17, 15) is 9.90 Å². The zero-order valence-electron chi connectivity index (χ0n) is 13.6. The van der Waals surface area contributed by atoms with Gasteiger partial charge in [0.25, 0.3) is 5.91 Å². The van der Waals surface area contributed by atoms with Gasteiger partial charge in [-0.2, -0.15) is 0 Å². The Kier molecular flexibility index (Phi) is 6.21. The van der Waals surface area contributed by atoms with Crippen LogP contribution in [-0.4, -0.2) is 28.8 Å². The Morgan fingerprint density at radius 3 is 2.33 bits per heavy atom. The summed E-state index contributed by atoms with van der Waals surface area (Å²) in [5.41, 5.74) is 0.817. The summed E-state index contributed by atoms with van der Waals surface area (Å²) < 4.78 is 5.65. The molecule has 0 spiro atoms. The molecule has 118 valence electrons. The van der Waals surface area contributed by atoms with E-state index in [0.717, 1.165) is 12.0 Å². The van der Waals surface area contributed by atoms with E-state index in [1.54, 1.807) is 13.8 Å². The fourth-order valence-electron chi connectivity index (χ4n) is 1.83. The molecule has 0 heterocycles. The van der Waals surface area contributed by atoms with Gasteiger partial charge in [-0.15, -0.1) is 0 Å². The molecule has 0 aliphatic heterocycles. The van der Waals surface area contributed by atoms with Crippen LogP contribution in [0.5, 0.6) is 5.75 Å². The van der Waals surface area contributed by atoms with Crippen molar-refractivity contribution in [3.05, 3.63) is 29.8 Å². The third-order valence-electron chi connectivity index (χ3n) is 3.48. The highest BCUT2D eigenvalue weighted by molar-refractivity contribution is 5.81. The number of carbonyl (C=O) groups is 1. The Bertz CT molecular complexity index is 452. The molecule has 1 aromatic carbocycles. The van der Waals surface area contributed by atoms with Gasteiger partial charge in [-0.1, -0.05) is 19.1 Å². The lowest BCUT2D eigenvalue weighted by Crippen LogP contribution is -2.48. The highest BCUT2D eigenvalue weighted by atomic mass is 16.5. The second-order valence-corrected chi connectivity index (χ2v) is 6.18. The van der Waals surface area contributed by atoms with Crippen molar-refractivity contribution in [2.45, 2.75) is 65.2 Å². The molecule has 2 unspecified atom stereocenters. The Balaban J connectivity index is 2.58. The van der Waals surface area contributed by atoms with Crippen LogP contribution in [0.25, 0.3) is 0 Å². The van der Waals surface area contributed by atoms with E-state index in [4.69, 9.17) is 4.74 Å². The molecule has 1 amide bonds. The first-order chi connectivity index (χ1) is 9.73. The molecule has 2 N–H and O–H groups in total. The first kappa shape index (κ1) is 17.5. The monoisotopic (exact) mass is 293 g/mol. The van der Waals surface area contributed by atoms with Crippen molar-refractivity contribution in [2.75, 3.05) is 0 Å². The van der Waals surface area contributed by atoms with E-state index in [0.29, 0.717) is 12.2 Å². The maximum Gasteiger partial charge on any atom is 0.261 e. The van der Waals surface area contributed by atoms with Crippen molar-refractivity contribution in [1.29, 1.82) is 0 Å². The van der Waals surface area contributed by atoms with Crippen LogP contribution in [0.4, 0.5) is 0 Å². The number of aliphatic hydroxyl groups is 1. The molecule has 0 bridgehead atoms. The van der Waals surface area contributed by atoms with E-state index >= 15 is 0 Å². The summed E-state index contributed by atoms with van der Waals surface area (Å²) >= 11 is 0. The second-order valence-electron chi connectivity index (χ2n) is 6.18. The van der Waals surface area contributed by atoms with Crippen LogP contribution in [0.1, 0.15) is 46.6 Å². The van der Waals surface area contributed by atoms with Crippen molar-refractivity contribution >= 4 is 5.91 Å². The third kappa shape index (κ3) is 6.17. The van der Waals surface area contributed by atoms with Gasteiger partial charge < -0.3 is 15.2 Å². The second kappa shape index (κ2) is 7.46. The summed E-state index contributed by atoms with van der Waals surface area (Å²) in [4.78, 5) is 12.1. The van der Waals surface area contributed by atoms with Gasteiger partial charge in [0.1, 0.15) is 5.75 Å². The molecule has 0 saturated heterocycles. The van der Waals surface area contributed by atoms with Crippen molar-refractivity contribution in [3.63, 3.8) is 0 Å². The van der Waals surface area contributed by atoms with E-state index in [1.165, 1.54) is 0 Å². The number of hydrogen-bond donors (Lipinski definition) is 2. The van der Waals surface area contributed by atoms with Crippen molar-refractivity contribution in [3.8, 4) is 5.75 Å². The normalized spacial score (nSPS) is 14.4. The maximum absolute atomic E-state index is 12.1. The number of ether oxygens (including phenoxy) is 1. The van der Waals surface area contributed by atoms with Crippen molar-refractivity contribution < 1.29 is 14.6 Å². The Morgan fingerprint density at radius 1 is 1.29 bits per heavy atom. The minimum absolute atomic E-state index is 0.116. The summed E-state index contributed by atoms with van der Waals surface area (Å²) in [6, 6.07) is 7.46. The van der Waals surface area contributed by atoms with Crippen LogP contribution in [0, 0.1) is 0 Å². The average molecular weight is 293 g/mol. The van der Waals surface area contributed by atoms with E-state index in [-0.39, 0.29) is 17.6 Å². The Labute approximate surface area is 127 Å². The number of benzene rings is 1. The molecule has 4 nitrogen and oxygen atoms in total. The number of nitrogens with one attached hydrogen (secondary N) is 1. The number of amides is 1. The molecule has 0 aliphatic rings. The first-order valence-corrected chi connectivity index (χ1v) is 7.49. The molecular weight excluding hydrogens is 266 g/mol. The number of aliphatic hydroxyl groups excluding tert-OH is 1. The minimum atomic E-state index is -0.543. The summed E-state index contributed by atoms with van der Waals surface area (Å²) in [6.45, 7) is 9.51. The molecule has 1 aromatic rings. The van der Waals surface area contributed by atoms with Crippen molar-refractivity contribution in [2.24, 2.45) is 0 Å². The molecule has 1 rings (SSSR count). The van der Waals surface area contributed by atoms with Crippen molar-refractivity contribution in [1.82, 2.24) is 5.32 Å². The molecular formula is C17H27NO3. The topological polar surface area (TPSA) is 58.6 Å². The Morgan fingerprint density at radius 2 is 1.86 bits per heavy atom. The summed E-state index contributed by atoms with van der Waals surface area (Å²) in [7, 11) is 0. The van der Waals surface area contributed by atoms with Crippen LogP contribution < -0.4 is 10.1 Å². The van der Waals surface area contributed by atoms with Crippen LogP contribution in [0.2, 0.25) is 0 Å². The maximum atomic E-state index is 12.1. The molecule has 4 heteroatoms. The summed E-state index contributed by atoms with van der Waals surface area (Å²) in [5, 5.41) is 12.3. The molecule has 0 fully saturated rings. The van der Waals surface area contributed by atoms with Gasteiger partial charge in [-0.25, -0.2) is 0 Å². The van der Waals surface area contributed by atoms with Gasteiger partial charge in [0.15, 0.2) is 6.10 Å². The highest BCUT2D eigenvalue weighted by Crippen LogP contribution is 2.16. The van der Waals surface area contributed by atoms with Gasteiger partial charge in [0, 0.05) is 5.54 Å². The fourth-order valence-corrected chi connectivity index (χ4v) is 1.83. The lowest BCUT2D eigenvalue weighted by atomic mass is 10.0. The van der Waals surface area contributed by atoms with Gasteiger partial charge in [-0.05, 0) is 58.2 Å². The molecule has 21 heavy (non-hydrogen) atoms. The van der Waals surface area contributed by atoms with Gasteiger partial charge in [0.2, 0.25) is 0 Å². The number of rotatable bonds is 7. The molecule has 0 aromatic heterocycles. The van der Waals surface area contributed by atoms with Crippen LogP contribution in [0.3, 0.4) is 0 Å². The fraction of sp³-hybridized carbons (Fsp3) is 0.588. The number of hydrogen-bond acceptors (Lipinski definition) is 3. The lowest BCUT2D eigenvalue weighted by molar-refractivity contribution is -0.128. The van der Waals surface area contributed by atoms with E-state index in [2.05, 4.69) is 5.32 Å². The van der Waals surface area contributed by atoms with Gasteiger partial charge in [0.05, 0.1) is 6.10 Å². The molecule has 0 saturated carbocycles. The lowest BCUT2D eigenvalue weighted by Gasteiger charge is -2.26. The largest absolute Gasteiger partial charge is 0.481 e. The predicted molar refractivity (Wildman–Crippen MR) is 84.4 cm³/mol. The number of carbonyl (C=O) groups excluding carboxylic acids is 1. The van der Waals surface area contributed by atoms with E-state index < -0.39 is 6.10 Å². The predicted octanol–water partition coefficient (Wildman–Crippen LogP) is 2.68.